The second kappa shape index (κ2) is 4.46. The van der Waals surface area contributed by atoms with Gasteiger partial charge >= 0.3 is 0 Å². The highest BCUT2D eigenvalue weighted by Gasteiger charge is 2.26. The van der Waals surface area contributed by atoms with Gasteiger partial charge in [0, 0.05) is 24.6 Å². The summed E-state index contributed by atoms with van der Waals surface area (Å²) < 4.78 is 0. The second-order valence-electron chi connectivity index (χ2n) is 5.00. The summed E-state index contributed by atoms with van der Waals surface area (Å²) in [5.74, 6) is 0.770. The Balaban J connectivity index is 2.11. The van der Waals surface area contributed by atoms with E-state index >= 15 is 0 Å². The minimum Gasteiger partial charge on any atom is -0.508 e. The largest absolute Gasteiger partial charge is 0.508 e. The van der Waals surface area contributed by atoms with Gasteiger partial charge in [0.15, 0.2) is 0 Å². The SMILES string of the molecule is CN1Cc2c(O)cccc2[C@H](c2ccccc2)C1. The molecule has 0 spiro atoms. The molecule has 2 nitrogen and oxygen atoms in total. The van der Waals surface area contributed by atoms with Gasteiger partial charge in [0.2, 0.25) is 0 Å². The Kier molecular flexibility index (Phi) is 2.80. The summed E-state index contributed by atoms with van der Waals surface area (Å²) in [7, 11) is 2.10. The van der Waals surface area contributed by atoms with Crippen LogP contribution in [-0.2, 0) is 6.54 Å². The molecule has 1 aliphatic heterocycles. The van der Waals surface area contributed by atoms with Crippen LogP contribution in [0.4, 0.5) is 0 Å². The van der Waals surface area contributed by atoms with Crippen LogP contribution < -0.4 is 0 Å². The van der Waals surface area contributed by atoms with Crippen molar-refractivity contribution in [2.75, 3.05) is 13.6 Å². The molecule has 0 saturated heterocycles. The van der Waals surface area contributed by atoms with E-state index in [0.29, 0.717) is 11.7 Å². The number of aromatic hydroxyl groups is 1. The van der Waals surface area contributed by atoms with E-state index < -0.39 is 0 Å². The average Bonchev–Trinajstić information content (AvgIpc) is 2.40. The van der Waals surface area contributed by atoms with Crippen molar-refractivity contribution in [1.29, 1.82) is 0 Å². The Bertz CT molecular complexity index is 550. The molecule has 1 N–H and O–H groups in total. The highest BCUT2D eigenvalue weighted by Crippen LogP contribution is 2.36. The number of nitrogens with zero attached hydrogens (tertiary/aromatic N) is 1. The van der Waals surface area contributed by atoms with Crippen molar-refractivity contribution in [3.8, 4) is 5.75 Å². The average molecular weight is 239 g/mol. The summed E-state index contributed by atoms with van der Waals surface area (Å²) >= 11 is 0. The summed E-state index contributed by atoms with van der Waals surface area (Å²) in [6.45, 7) is 1.83. The van der Waals surface area contributed by atoms with Crippen LogP contribution >= 0.6 is 0 Å². The summed E-state index contributed by atoms with van der Waals surface area (Å²) in [5, 5.41) is 10.0. The van der Waals surface area contributed by atoms with Crippen LogP contribution in [0.15, 0.2) is 48.5 Å². The monoisotopic (exact) mass is 239 g/mol. The zero-order valence-corrected chi connectivity index (χ0v) is 10.5. The molecule has 1 aliphatic rings. The maximum Gasteiger partial charge on any atom is 0.120 e. The molecule has 0 aromatic heterocycles. The number of fused-ring (bicyclic) bond motifs is 1. The quantitative estimate of drug-likeness (QED) is 0.827. The first kappa shape index (κ1) is 11.3. The standard InChI is InChI=1S/C16H17NO/c1-17-10-14(12-6-3-2-4-7-12)13-8-5-9-16(18)15(13)11-17/h2-9,14,18H,10-11H2,1H3/t14-/m0/s1. The molecular formula is C16H17NO. The van der Waals surface area contributed by atoms with Gasteiger partial charge in [-0.05, 0) is 24.2 Å². The Hall–Kier alpha value is -1.80. The normalized spacial score (nSPS) is 19.5. The second-order valence-corrected chi connectivity index (χ2v) is 5.00. The minimum atomic E-state index is 0.354. The van der Waals surface area contributed by atoms with Crippen molar-refractivity contribution in [2.45, 2.75) is 12.5 Å². The Labute approximate surface area is 107 Å². The van der Waals surface area contributed by atoms with Crippen molar-refractivity contribution in [3.05, 3.63) is 65.2 Å². The van der Waals surface area contributed by atoms with Gasteiger partial charge in [0.25, 0.3) is 0 Å². The highest BCUT2D eigenvalue weighted by molar-refractivity contribution is 5.46. The number of hydrogen-bond donors (Lipinski definition) is 1. The molecule has 18 heavy (non-hydrogen) atoms. The molecule has 2 heteroatoms. The summed E-state index contributed by atoms with van der Waals surface area (Å²) in [5.41, 5.74) is 3.65. The molecule has 2 aromatic rings. The molecule has 0 fully saturated rings. The van der Waals surface area contributed by atoms with Gasteiger partial charge in [-0.3, -0.25) is 0 Å². The zero-order chi connectivity index (χ0) is 12.5. The van der Waals surface area contributed by atoms with Crippen molar-refractivity contribution in [1.82, 2.24) is 4.90 Å². The molecule has 1 heterocycles. The zero-order valence-electron chi connectivity index (χ0n) is 10.5. The van der Waals surface area contributed by atoms with Crippen LogP contribution in [0.3, 0.4) is 0 Å². The van der Waals surface area contributed by atoms with Crippen LogP contribution in [0.2, 0.25) is 0 Å². The highest BCUT2D eigenvalue weighted by atomic mass is 16.3. The number of rotatable bonds is 1. The molecule has 3 rings (SSSR count). The first-order valence-corrected chi connectivity index (χ1v) is 6.30. The van der Waals surface area contributed by atoms with E-state index in [-0.39, 0.29) is 0 Å². The number of likely N-dealkylation sites (N-methyl/N-ethyl adjacent to an activating group) is 1. The number of phenols is 1. The van der Waals surface area contributed by atoms with Gasteiger partial charge in [0.05, 0.1) is 0 Å². The lowest BCUT2D eigenvalue weighted by Gasteiger charge is -2.33. The Morgan fingerprint density at radius 3 is 2.61 bits per heavy atom. The molecule has 0 unspecified atom stereocenters. The number of hydrogen-bond acceptors (Lipinski definition) is 2. The number of phenolic OH excluding ortho intramolecular Hbond substituents is 1. The van der Waals surface area contributed by atoms with Crippen molar-refractivity contribution in [2.24, 2.45) is 0 Å². The van der Waals surface area contributed by atoms with Gasteiger partial charge in [-0.1, -0.05) is 42.5 Å². The first-order chi connectivity index (χ1) is 8.75. The van der Waals surface area contributed by atoms with E-state index in [1.54, 1.807) is 6.07 Å². The van der Waals surface area contributed by atoms with E-state index in [0.717, 1.165) is 18.7 Å². The summed E-state index contributed by atoms with van der Waals surface area (Å²) in [6, 6.07) is 16.4. The predicted molar refractivity (Wildman–Crippen MR) is 72.7 cm³/mol. The maximum atomic E-state index is 10.0. The predicted octanol–water partition coefficient (Wildman–Crippen LogP) is 2.97. The lowest BCUT2D eigenvalue weighted by Crippen LogP contribution is -2.30. The molecule has 0 aliphatic carbocycles. The van der Waals surface area contributed by atoms with E-state index in [9.17, 15) is 5.11 Å². The van der Waals surface area contributed by atoms with E-state index in [2.05, 4.69) is 42.3 Å². The summed E-state index contributed by atoms with van der Waals surface area (Å²) in [6.07, 6.45) is 0. The third-order valence-electron chi connectivity index (χ3n) is 3.69. The van der Waals surface area contributed by atoms with E-state index in [1.165, 1.54) is 11.1 Å². The number of benzene rings is 2. The molecule has 0 amide bonds. The molecule has 0 bridgehead atoms. The fourth-order valence-electron chi connectivity index (χ4n) is 2.81. The molecule has 0 radical (unpaired) electrons. The van der Waals surface area contributed by atoms with Crippen molar-refractivity contribution < 1.29 is 5.11 Å². The molecular weight excluding hydrogens is 222 g/mol. The maximum absolute atomic E-state index is 10.0. The minimum absolute atomic E-state index is 0.354. The van der Waals surface area contributed by atoms with Gasteiger partial charge in [-0.2, -0.15) is 0 Å². The topological polar surface area (TPSA) is 23.5 Å². The third-order valence-corrected chi connectivity index (χ3v) is 3.69. The lowest BCUT2D eigenvalue weighted by atomic mass is 9.84. The van der Waals surface area contributed by atoms with Crippen molar-refractivity contribution in [3.63, 3.8) is 0 Å². The molecule has 1 atom stereocenters. The van der Waals surface area contributed by atoms with E-state index in [4.69, 9.17) is 0 Å². The fourth-order valence-corrected chi connectivity index (χ4v) is 2.81. The third kappa shape index (κ3) is 1.89. The van der Waals surface area contributed by atoms with Gasteiger partial charge < -0.3 is 10.0 Å². The van der Waals surface area contributed by atoms with Crippen LogP contribution in [-0.4, -0.2) is 23.6 Å². The molecule has 2 aromatic carbocycles. The van der Waals surface area contributed by atoms with Gasteiger partial charge in [-0.25, -0.2) is 0 Å². The van der Waals surface area contributed by atoms with Crippen LogP contribution in [0.5, 0.6) is 5.75 Å². The Morgan fingerprint density at radius 2 is 1.83 bits per heavy atom. The summed E-state index contributed by atoms with van der Waals surface area (Å²) in [4.78, 5) is 2.26. The molecule has 92 valence electrons. The fraction of sp³-hybridized carbons (Fsp3) is 0.250. The van der Waals surface area contributed by atoms with Crippen LogP contribution in [0, 0.1) is 0 Å². The van der Waals surface area contributed by atoms with Gasteiger partial charge in [-0.15, -0.1) is 0 Å². The Morgan fingerprint density at radius 1 is 1.06 bits per heavy atom. The smallest absolute Gasteiger partial charge is 0.120 e. The van der Waals surface area contributed by atoms with Crippen LogP contribution in [0.1, 0.15) is 22.6 Å². The van der Waals surface area contributed by atoms with Crippen LogP contribution in [0.25, 0.3) is 0 Å². The van der Waals surface area contributed by atoms with E-state index in [1.807, 2.05) is 12.1 Å². The van der Waals surface area contributed by atoms with Gasteiger partial charge in [0.1, 0.15) is 5.75 Å². The van der Waals surface area contributed by atoms with Crippen molar-refractivity contribution >= 4 is 0 Å². The first-order valence-electron chi connectivity index (χ1n) is 6.30. The molecule has 0 saturated carbocycles. The lowest BCUT2D eigenvalue weighted by molar-refractivity contribution is 0.288.